The Hall–Kier alpha value is -2.93. The summed E-state index contributed by atoms with van der Waals surface area (Å²) in [5.41, 5.74) is 8.77. The predicted octanol–water partition coefficient (Wildman–Crippen LogP) is 6.04. The number of hydrogen-bond acceptors (Lipinski definition) is 1. The lowest BCUT2D eigenvalue weighted by Gasteiger charge is -2.24. The number of carbonyl (C=O) groups is 1. The van der Waals surface area contributed by atoms with Crippen molar-refractivity contribution in [3.8, 4) is 0 Å². The largest absolute Gasteiger partial charge is 0.289 e. The molecule has 1 heteroatoms. The fourth-order valence-electron chi connectivity index (χ4n) is 3.76. The first-order valence-electron chi connectivity index (χ1n) is 9.13. The molecule has 0 saturated heterocycles. The number of ketones is 1. The highest BCUT2D eigenvalue weighted by Crippen LogP contribution is 2.39. The van der Waals surface area contributed by atoms with Gasteiger partial charge in [-0.2, -0.15) is 0 Å². The first kappa shape index (κ1) is 16.5. The Morgan fingerprint density at radius 3 is 2.19 bits per heavy atom. The Morgan fingerprint density at radius 2 is 1.46 bits per heavy atom. The molecule has 0 N–H and O–H groups in total. The maximum absolute atomic E-state index is 13.4. The van der Waals surface area contributed by atoms with Gasteiger partial charge in [-0.1, -0.05) is 83.9 Å². The summed E-state index contributed by atoms with van der Waals surface area (Å²) in [6.07, 6.45) is 1.87. The van der Waals surface area contributed by atoms with Gasteiger partial charge in [-0.15, -0.1) is 0 Å². The third-order valence-electron chi connectivity index (χ3n) is 5.14. The van der Waals surface area contributed by atoms with Crippen molar-refractivity contribution < 1.29 is 4.79 Å². The van der Waals surface area contributed by atoms with Gasteiger partial charge in [-0.25, -0.2) is 0 Å². The van der Waals surface area contributed by atoms with E-state index >= 15 is 0 Å². The number of carbonyl (C=O) groups excluding carboxylic acids is 1. The van der Waals surface area contributed by atoms with Crippen LogP contribution in [0.4, 0.5) is 0 Å². The quantitative estimate of drug-likeness (QED) is 0.532. The van der Waals surface area contributed by atoms with Crippen LogP contribution in [-0.2, 0) is 6.42 Å². The summed E-state index contributed by atoms with van der Waals surface area (Å²) in [5, 5.41) is 0. The van der Waals surface area contributed by atoms with Crippen LogP contribution in [0.5, 0.6) is 0 Å². The molecule has 0 bridgehead atoms. The van der Waals surface area contributed by atoms with E-state index in [0.29, 0.717) is 0 Å². The molecule has 0 saturated carbocycles. The lowest BCUT2D eigenvalue weighted by atomic mass is 9.79. The van der Waals surface area contributed by atoms with Crippen LogP contribution >= 0.6 is 0 Å². The van der Waals surface area contributed by atoms with Gasteiger partial charge in [0.15, 0.2) is 5.78 Å². The Bertz CT molecular complexity index is 992. The van der Waals surface area contributed by atoms with Crippen molar-refractivity contribution in [1.82, 2.24) is 0 Å². The molecule has 1 aliphatic carbocycles. The van der Waals surface area contributed by atoms with E-state index in [-0.39, 0.29) is 5.78 Å². The van der Waals surface area contributed by atoms with E-state index in [1.54, 1.807) is 0 Å². The van der Waals surface area contributed by atoms with Gasteiger partial charge in [0.25, 0.3) is 0 Å². The molecule has 0 atom stereocenters. The minimum Gasteiger partial charge on any atom is -0.289 e. The van der Waals surface area contributed by atoms with Gasteiger partial charge < -0.3 is 0 Å². The molecule has 3 aromatic carbocycles. The van der Waals surface area contributed by atoms with Crippen LogP contribution in [0.2, 0.25) is 0 Å². The van der Waals surface area contributed by atoms with Crippen LogP contribution < -0.4 is 0 Å². The summed E-state index contributed by atoms with van der Waals surface area (Å²) in [6, 6.07) is 24.6. The normalized spacial score (nSPS) is 13.5. The molecule has 0 fully saturated rings. The molecular weight excluding hydrogens is 316 g/mol. The number of rotatable bonds is 3. The number of fused-ring (bicyclic) bond motifs is 1. The smallest absolute Gasteiger partial charge is 0.193 e. The van der Waals surface area contributed by atoms with Gasteiger partial charge in [0.1, 0.15) is 0 Å². The molecule has 0 aliphatic heterocycles. The summed E-state index contributed by atoms with van der Waals surface area (Å²) < 4.78 is 0. The zero-order valence-electron chi connectivity index (χ0n) is 15.3. The highest BCUT2D eigenvalue weighted by atomic mass is 16.1. The van der Waals surface area contributed by atoms with Crippen LogP contribution in [-0.4, -0.2) is 5.78 Å². The average molecular weight is 338 g/mol. The summed E-state index contributed by atoms with van der Waals surface area (Å²) in [4.78, 5) is 13.4. The first-order chi connectivity index (χ1) is 12.6. The van der Waals surface area contributed by atoms with Crippen LogP contribution in [0.15, 0.2) is 72.8 Å². The maximum Gasteiger partial charge on any atom is 0.193 e. The Balaban J connectivity index is 1.94. The molecule has 1 aliphatic rings. The topological polar surface area (TPSA) is 17.1 Å². The van der Waals surface area contributed by atoms with Crippen molar-refractivity contribution >= 4 is 16.9 Å². The Labute approximate surface area is 155 Å². The molecule has 0 unspecified atom stereocenters. The molecule has 0 heterocycles. The fraction of sp³-hybridized carbons (Fsp3) is 0.160. The number of allylic oxidation sites excluding steroid dienone is 2. The number of Topliss-reactive ketones (excluding diaryl/α,β-unsaturated/α-hetero) is 1. The van der Waals surface area contributed by atoms with E-state index in [2.05, 4.69) is 56.3 Å². The highest BCUT2D eigenvalue weighted by molar-refractivity contribution is 6.35. The minimum absolute atomic E-state index is 0.117. The van der Waals surface area contributed by atoms with Gasteiger partial charge in [0.2, 0.25) is 0 Å². The Morgan fingerprint density at radius 1 is 0.769 bits per heavy atom. The monoisotopic (exact) mass is 338 g/mol. The molecule has 0 radical (unpaired) electrons. The van der Waals surface area contributed by atoms with E-state index in [1.165, 1.54) is 16.7 Å². The lowest BCUT2D eigenvalue weighted by Crippen LogP contribution is -2.12. The number of benzene rings is 3. The number of hydrogen-bond donors (Lipinski definition) is 0. The summed E-state index contributed by atoms with van der Waals surface area (Å²) in [7, 11) is 0. The third-order valence-corrected chi connectivity index (χ3v) is 5.14. The second-order valence-corrected chi connectivity index (χ2v) is 7.08. The van der Waals surface area contributed by atoms with Crippen molar-refractivity contribution in [3.05, 3.63) is 106 Å². The first-order valence-corrected chi connectivity index (χ1v) is 9.13. The van der Waals surface area contributed by atoms with E-state index in [1.807, 2.05) is 30.3 Å². The molecule has 3 aromatic rings. The standard InChI is InChI=1S/C25H22O/c1-17-8-11-19(12-9-17)22-15-13-21-16-18(2)10-14-23(21)24(22)25(26)20-6-4-3-5-7-20/h3-12,14,16H,13,15H2,1-2H3. The molecule has 128 valence electrons. The fourth-order valence-corrected chi connectivity index (χ4v) is 3.76. The number of aryl methyl sites for hydroxylation is 3. The average Bonchev–Trinajstić information content (AvgIpc) is 2.68. The minimum atomic E-state index is 0.117. The lowest BCUT2D eigenvalue weighted by molar-refractivity contribution is 0.105. The van der Waals surface area contributed by atoms with E-state index in [0.717, 1.165) is 40.7 Å². The molecule has 0 amide bonds. The zero-order valence-corrected chi connectivity index (χ0v) is 15.3. The van der Waals surface area contributed by atoms with E-state index < -0.39 is 0 Å². The van der Waals surface area contributed by atoms with Crippen molar-refractivity contribution in [1.29, 1.82) is 0 Å². The SMILES string of the molecule is Cc1ccc(C2=C(C(=O)c3ccccc3)c3ccc(C)cc3CC2)cc1. The summed E-state index contributed by atoms with van der Waals surface area (Å²) >= 11 is 0. The van der Waals surface area contributed by atoms with Gasteiger partial charge in [0.05, 0.1) is 0 Å². The third kappa shape index (κ3) is 3.01. The van der Waals surface area contributed by atoms with Crippen LogP contribution in [0.1, 0.15) is 44.6 Å². The molecule has 26 heavy (non-hydrogen) atoms. The molecule has 4 rings (SSSR count). The summed E-state index contributed by atoms with van der Waals surface area (Å²) in [5.74, 6) is 0.117. The van der Waals surface area contributed by atoms with Crippen molar-refractivity contribution in [2.24, 2.45) is 0 Å². The Kier molecular flexibility index (Phi) is 4.30. The second kappa shape index (κ2) is 6.76. The second-order valence-electron chi connectivity index (χ2n) is 7.08. The zero-order chi connectivity index (χ0) is 18.1. The van der Waals surface area contributed by atoms with Crippen LogP contribution in [0.3, 0.4) is 0 Å². The molecular formula is C25H22O. The predicted molar refractivity (Wildman–Crippen MR) is 108 cm³/mol. The van der Waals surface area contributed by atoms with Crippen molar-refractivity contribution in [3.63, 3.8) is 0 Å². The van der Waals surface area contributed by atoms with Crippen LogP contribution in [0.25, 0.3) is 11.1 Å². The summed E-state index contributed by atoms with van der Waals surface area (Å²) in [6.45, 7) is 4.20. The van der Waals surface area contributed by atoms with Crippen molar-refractivity contribution in [2.45, 2.75) is 26.7 Å². The van der Waals surface area contributed by atoms with Gasteiger partial charge >= 0.3 is 0 Å². The van der Waals surface area contributed by atoms with E-state index in [9.17, 15) is 4.79 Å². The van der Waals surface area contributed by atoms with Gasteiger partial charge in [0, 0.05) is 11.1 Å². The molecule has 0 spiro atoms. The molecule has 0 aromatic heterocycles. The van der Waals surface area contributed by atoms with Gasteiger partial charge in [-0.3, -0.25) is 4.79 Å². The van der Waals surface area contributed by atoms with E-state index in [4.69, 9.17) is 0 Å². The molecule has 1 nitrogen and oxygen atoms in total. The maximum atomic E-state index is 13.4. The van der Waals surface area contributed by atoms with Gasteiger partial charge in [-0.05, 0) is 49.0 Å². The highest BCUT2D eigenvalue weighted by Gasteiger charge is 2.26. The van der Waals surface area contributed by atoms with Crippen molar-refractivity contribution in [2.75, 3.05) is 0 Å². The van der Waals surface area contributed by atoms with Crippen LogP contribution in [0, 0.1) is 13.8 Å².